The fourth-order valence-electron chi connectivity index (χ4n) is 1.52. The van der Waals surface area contributed by atoms with E-state index in [9.17, 15) is 0 Å². The Labute approximate surface area is 110 Å². The minimum atomic E-state index is 1.10. The molecule has 0 fully saturated rings. The molecule has 1 heteroatoms. The average molecular weight is 285 g/mol. The molecule has 0 amide bonds. The summed E-state index contributed by atoms with van der Waals surface area (Å²) in [6, 6.07) is 18.5. The van der Waals surface area contributed by atoms with Gasteiger partial charge in [-0.25, -0.2) is 0 Å². The van der Waals surface area contributed by atoms with Crippen molar-refractivity contribution in [3.05, 3.63) is 75.9 Å². The summed E-state index contributed by atoms with van der Waals surface area (Å²) in [6.45, 7) is 2.07. The molecule has 2 aromatic carbocycles. The topological polar surface area (TPSA) is 0 Å². The minimum absolute atomic E-state index is 1.10. The van der Waals surface area contributed by atoms with Crippen molar-refractivity contribution in [1.82, 2.24) is 0 Å². The van der Waals surface area contributed by atoms with Crippen molar-refractivity contribution in [1.29, 1.82) is 0 Å². The quantitative estimate of drug-likeness (QED) is 0.668. The third kappa shape index (κ3) is 3.45. The normalized spacial score (nSPS) is 9.53. The monoisotopic (exact) mass is 284 g/mol. The van der Waals surface area contributed by atoms with Crippen molar-refractivity contribution in [2.45, 2.75) is 6.92 Å². The molecule has 2 rings (SSSR count). The van der Waals surface area contributed by atoms with Crippen LogP contribution in [0.2, 0.25) is 0 Å². The zero-order valence-electron chi connectivity index (χ0n) is 9.65. The zero-order valence-corrected chi connectivity index (χ0v) is 11.2. The molecule has 2 aromatic rings. The van der Waals surface area contributed by atoms with Gasteiger partial charge in [-0.05, 0) is 41.8 Å². The van der Waals surface area contributed by atoms with Crippen LogP contribution in [-0.2, 0) is 0 Å². The molecule has 0 nitrogen and oxygen atoms in total. The van der Waals surface area contributed by atoms with Gasteiger partial charge in [0.05, 0.1) is 0 Å². The highest BCUT2D eigenvalue weighted by atomic mass is 79.9. The Balaban J connectivity index is 2.27. The molecule has 0 unspecified atom stereocenters. The van der Waals surface area contributed by atoms with Crippen LogP contribution in [0, 0.1) is 0 Å². The van der Waals surface area contributed by atoms with Gasteiger partial charge in [-0.3, -0.25) is 0 Å². The van der Waals surface area contributed by atoms with Crippen molar-refractivity contribution in [3.8, 4) is 0 Å². The first-order valence-electron chi connectivity index (χ1n) is 5.50. The number of hydrogen-bond acceptors (Lipinski definition) is 0. The van der Waals surface area contributed by atoms with E-state index >= 15 is 0 Å². The van der Waals surface area contributed by atoms with Gasteiger partial charge in [0.2, 0.25) is 0 Å². The second-order valence-electron chi connectivity index (χ2n) is 3.83. The van der Waals surface area contributed by atoms with Gasteiger partial charge >= 0.3 is 0 Å². The van der Waals surface area contributed by atoms with Crippen LogP contribution in [0.5, 0.6) is 0 Å². The predicted octanol–water partition coefficient (Wildman–Crippen LogP) is 5.16. The molecule has 0 aliphatic heterocycles. The Bertz CT molecular complexity index is 544. The molecule has 0 saturated heterocycles. The fourth-order valence-corrected chi connectivity index (χ4v) is 1.79. The Hall–Kier alpha value is -1.56. The van der Waals surface area contributed by atoms with E-state index in [-0.39, 0.29) is 0 Å². The molecule has 0 N–H and O–H groups in total. The smallest absolute Gasteiger partial charge is 0.0175 e. The largest absolute Gasteiger partial charge is 0.116 e. The zero-order chi connectivity index (χ0) is 12.1. The van der Waals surface area contributed by atoms with Crippen molar-refractivity contribution in [2.75, 3.05) is 0 Å². The van der Waals surface area contributed by atoms with Crippen LogP contribution < -0.4 is 0 Å². The van der Waals surface area contributed by atoms with Crippen LogP contribution >= 0.6 is 15.9 Å². The Morgan fingerprint density at radius 3 is 2.29 bits per heavy atom. The van der Waals surface area contributed by atoms with E-state index in [1.54, 1.807) is 0 Å². The number of rotatable bonds is 2. The molecule has 0 bridgehead atoms. The lowest BCUT2D eigenvalue weighted by Crippen LogP contribution is -1.75. The minimum Gasteiger partial charge on any atom is -0.116 e. The van der Waals surface area contributed by atoms with Crippen LogP contribution in [0.25, 0.3) is 11.6 Å². The maximum absolute atomic E-state index is 3.42. The molecule has 0 radical (unpaired) electrons. The number of halogens is 1. The van der Waals surface area contributed by atoms with Gasteiger partial charge in [-0.15, -0.1) is 5.73 Å². The summed E-state index contributed by atoms with van der Waals surface area (Å²) in [5, 5.41) is 0. The Kier molecular flexibility index (Phi) is 3.98. The average Bonchev–Trinajstić information content (AvgIpc) is 2.39. The highest BCUT2D eigenvalue weighted by Crippen LogP contribution is 2.14. The summed E-state index contributed by atoms with van der Waals surface area (Å²) in [5.74, 6) is 0. The Morgan fingerprint density at radius 2 is 1.65 bits per heavy atom. The Morgan fingerprint density at radius 1 is 1.00 bits per heavy atom. The molecule has 17 heavy (non-hydrogen) atoms. The lowest BCUT2D eigenvalue weighted by atomic mass is 10.1. The van der Waals surface area contributed by atoms with Crippen LogP contribution in [0.15, 0.2) is 64.8 Å². The van der Waals surface area contributed by atoms with E-state index < -0.39 is 0 Å². The van der Waals surface area contributed by atoms with Gasteiger partial charge in [0.25, 0.3) is 0 Å². The summed E-state index contributed by atoms with van der Waals surface area (Å²) in [4.78, 5) is 0. The second kappa shape index (κ2) is 5.67. The standard InChI is InChI=1S/C16H13Br/c1-13(15-5-3-2-4-6-15)7-8-14-9-11-16(17)12-10-14/h2-6,8-12H,1H3. The molecule has 0 spiro atoms. The summed E-state index contributed by atoms with van der Waals surface area (Å²) < 4.78 is 1.10. The van der Waals surface area contributed by atoms with E-state index in [2.05, 4.69) is 52.9 Å². The van der Waals surface area contributed by atoms with Crippen LogP contribution in [0.4, 0.5) is 0 Å². The first-order chi connectivity index (χ1) is 8.25. The first kappa shape index (κ1) is 11.9. The molecule has 0 heterocycles. The highest BCUT2D eigenvalue weighted by molar-refractivity contribution is 9.10. The number of hydrogen-bond donors (Lipinski definition) is 0. The molecular weight excluding hydrogens is 272 g/mol. The van der Waals surface area contributed by atoms with E-state index in [0.717, 1.165) is 15.6 Å². The van der Waals surface area contributed by atoms with Crippen LogP contribution in [0.3, 0.4) is 0 Å². The summed E-state index contributed by atoms with van der Waals surface area (Å²) >= 11 is 3.42. The van der Waals surface area contributed by atoms with E-state index in [1.807, 2.05) is 36.4 Å². The third-order valence-electron chi connectivity index (χ3n) is 2.53. The van der Waals surface area contributed by atoms with Crippen molar-refractivity contribution in [3.63, 3.8) is 0 Å². The third-order valence-corrected chi connectivity index (χ3v) is 3.06. The van der Waals surface area contributed by atoms with Gasteiger partial charge in [0.15, 0.2) is 0 Å². The molecule has 0 saturated carbocycles. The fraction of sp³-hybridized carbons (Fsp3) is 0.0625. The second-order valence-corrected chi connectivity index (χ2v) is 4.75. The van der Waals surface area contributed by atoms with Gasteiger partial charge in [0, 0.05) is 4.47 Å². The first-order valence-corrected chi connectivity index (χ1v) is 6.29. The van der Waals surface area contributed by atoms with Gasteiger partial charge in [-0.2, -0.15) is 0 Å². The van der Waals surface area contributed by atoms with Gasteiger partial charge in [-0.1, -0.05) is 58.4 Å². The summed E-state index contributed by atoms with van der Waals surface area (Å²) in [7, 11) is 0. The maximum atomic E-state index is 3.42. The van der Waals surface area contributed by atoms with Crippen molar-refractivity contribution >= 4 is 27.6 Å². The van der Waals surface area contributed by atoms with Gasteiger partial charge < -0.3 is 0 Å². The summed E-state index contributed by atoms with van der Waals surface area (Å²) in [6.07, 6.45) is 2.01. The maximum Gasteiger partial charge on any atom is 0.0175 e. The van der Waals surface area contributed by atoms with E-state index in [0.29, 0.717) is 0 Å². The summed E-state index contributed by atoms with van der Waals surface area (Å²) in [5.41, 5.74) is 6.82. The highest BCUT2D eigenvalue weighted by Gasteiger charge is 1.91. The number of benzene rings is 2. The molecule has 0 aliphatic carbocycles. The lowest BCUT2D eigenvalue weighted by molar-refractivity contribution is 1.57. The number of allylic oxidation sites excluding steroid dienone is 1. The van der Waals surface area contributed by atoms with Crippen LogP contribution in [0.1, 0.15) is 18.1 Å². The van der Waals surface area contributed by atoms with Crippen molar-refractivity contribution < 1.29 is 0 Å². The van der Waals surface area contributed by atoms with E-state index in [1.165, 1.54) is 5.56 Å². The SMILES string of the molecule is CC(=C=Cc1ccc(Br)cc1)c1ccccc1. The molecule has 0 aliphatic rings. The molecule has 0 atom stereocenters. The predicted molar refractivity (Wildman–Crippen MR) is 77.6 cm³/mol. The molecule has 84 valence electrons. The van der Waals surface area contributed by atoms with Crippen LogP contribution in [-0.4, -0.2) is 0 Å². The van der Waals surface area contributed by atoms with E-state index in [4.69, 9.17) is 0 Å². The lowest BCUT2D eigenvalue weighted by Gasteiger charge is -1.96. The molecule has 0 aromatic heterocycles. The van der Waals surface area contributed by atoms with Gasteiger partial charge in [0.1, 0.15) is 0 Å². The van der Waals surface area contributed by atoms with Crippen molar-refractivity contribution in [2.24, 2.45) is 0 Å². The molecular formula is C16H13Br.